The van der Waals surface area contributed by atoms with Crippen molar-refractivity contribution in [3.8, 4) is 5.75 Å². The second-order valence-corrected chi connectivity index (χ2v) is 4.78. The molecular formula is C16H22N2O2. The molecule has 0 amide bonds. The van der Waals surface area contributed by atoms with Gasteiger partial charge in [0.05, 0.1) is 13.3 Å². The Hall–Kier alpha value is -1.81. The molecule has 20 heavy (non-hydrogen) atoms. The van der Waals surface area contributed by atoms with Gasteiger partial charge >= 0.3 is 0 Å². The zero-order valence-corrected chi connectivity index (χ0v) is 12.3. The van der Waals surface area contributed by atoms with E-state index >= 15 is 0 Å². The average Bonchev–Trinajstić information content (AvgIpc) is 2.89. The molecule has 0 fully saturated rings. The number of hydrogen-bond acceptors (Lipinski definition) is 3. The monoisotopic (exact) mass is 274 g/mol. The van der Waals surface area contributed by atoms with Crippen molar-refractivity contribution in [3.05, 3.63) is 47.3 Å². The normalized spacial score (nSPS) is 12.4. The summed E-state index contributed by atoms with van der Waals surface area (Å²) in [4.78, 5) is 0. The molecular weight excluding hydrogens is 252 g/mol. The summed E-state index contributed by atoms with van der Waals surface area (Å²) in [6.45, 7) is 4.94. The second-order valence-electron chi connectivity index (χ2n) is 4.78. The first-order valence-electron chi connectivity index (χ1n) is 7.08. The topological polar surface area (TPSA) is 47.3 Å². The third kappa shape index (κ3) is 2.70. The van der Waals surface area contributed by atoms with E-state index < -0.39 is 6.10 Å². The minimum absolute atomic E-state index is 0.636. The first kappa shape index (κ1) is 14.6. The van der Waals surface area contributed by atoms with Crippen LogP contribution < -0.4 is 4.74 Å². The van der Waals surface area contributed by atoms with Gasteiger partial charge < -0.3 is 9.84 Å². The van der Waals surface area contributed by atoms with Gasteiger partial charge in [-0.2, -0.15) is 5.10 Å². The summed E-state index contributed by atoms with van der Waals surface area (Å²) in [5.41, 5.74) is 2.80. The first-order valence-corrected chi connectivity index (χ1v) is 7.08. The number of aliphatic hydroxyl groups is 1. The van der Waals surface area contributed by atoms with Gasteiger partial charge in [0.1, 0.15) is 11.8 Å². The summed E-state index contributed by atoms with van der Waals surface area (Å²) < 4.78 is 7.17. The van der Waals surface area contributed by atoms with E-state index in [0.717, 1.165) is 36.2 Å². The fourth-order valence-electron chi connectivity index (χ4n) is 2.47. The van der Waals surface area contributed by atoms with E-state index in [1.807, 2.05) is 28.9 Å². The summed E-state index contributed by atoms with van der Waals surface area (Å²) >= 11 is 0. The minimum Gasteiger partial charge on any atom is -0.493 e. The van der Waals surface area contributed by atoms with Crippen LogP contribution in [0, 0.1) is 0 Å². The van der Waals surface area contributed by atoms with Gasteiger partial charge in [-0.1, -0.05) is 38.1 Å². The molecule has 2 aromatic rings. The van der Waals surface area contributed by atoms with E-state index in [0.29, 0.717) is 5.75 Å². The third-order valence-corrected chi connectivity index (χ3v) is 3.49. The predicted molar refractivity (Wildman–Crippen MR) is 79.0 cm³/mol. The quantitative estimate of drug-likeness (QED) is 0.881. The Bertz CT molecular complexity index is 563. The van der Waals surface area contributed by atoms with E-state index in [4.69, 9.17) is 4.74 Å². The second kappa shape index (κ2) is 6.57. The Labute approximate surface area is 120 Å². The molecule has 2 rings (SSSR count). The molecule has 108 valence electrons. The van der Waals surface area contributed by atoms with Gasteiger partial charge in [-0.3, -0.25) is 4.68 Å². The summed E-state index contributed by atoms with van der Waals surface area (Å²) in [6, 6.07) is 7.96. The van der Waals surface area contributed by atoms with E-state index in [9.17, 15) is 5.11 Å². The van der Waals surface area contributed by atoms with E-state index in [2.05, 4.69) is 18.9 Å². The molecule has 1 aromatic heterocycles. The molecule has 0 aliphatic rings. The lowest BCUT2D eigenvalue weighted by atomic mass is 9.98. The highest BCUT2D eigenvalue weighted by atomic mass is 16.5. The maximum Gasteiger partial charge on any atom is 0.163 e. The number of benzene rings is 1. The van der Waals surface area contributed by atoms with Crippen LogP contribution >= 0.6 is 0 Å². The summed E-state index contributed by atoms with van der Waals surface area (Å²) in [6.07, 6.45) is 2.80. The van der Waals surface area contributed by atoms with E-state index in [-0.39, 0.29) is 0 Å². The molecule has 1 N–H and O–H groups in total. The lowest BCUT2D eigenvalue weighted by Crippen LogP contribution is -2.12. The molecule has 0 saturated heterocycles. The number of aromatic nitrogens is 2. The zero-order valence-electron chi connectivity index (χ0n) is 12.3. The number of methoxy groups -OCH3 is 1. The number of nitrogens with zero attached hydrogens (tertiary/aromatic N) is 2. The molecule has 0 aliphatic carbocycles. The van der Waals surface area contributed by atoms with Crippen molar-refractivity contribution in [2.75, 3.05) is 7.11 Å². The van der Waals surface area contributed by atoms with Gasteiger partial charge in [-0.15, -0.1) is 0 Å². The van der Waals surface area contributed by atoms with Crippen molar-refractivity contribution < 1.29 is 9.84 Å². The van der Waals surface area contributed by atoms with Crippen molar-refractivity contribution in [2.24, 2.45) is 0 Å². The van der Waals surface area contributed by atoms with Gasteiger partial charge in [-0.25, -0.2) is 0 Å². The standard InChI is InChI=1S/C16H22N2O2/c1-4-10-18-15(14(20-3)11-17-18)16(19)13-9-7-6-8-12(13)5-2/h6-9,11,16,19H,4-5,10H2,1-3H3. The van der Waals surface area contributed by atoms with Crippen LogP contribution in [-0.2, 0) is 13.0 Å². The Balaban J connectivity index is 2.46. The Morgan fingerprint density at radius 1 is 1.30 bits per heavy atom. The lowest BCUT2D eigenvalue weighted by Gasteiger charge is -2.17. The van der Waals surface area contributed by atoms with Crippen molar-refractivity contribution in [1.82, 2.24) is 9.78 Å². The van der Waals surface area contributed by atoms with E-state index in [1.54, 1.807) is 13.3 Å². The maximum absolute atomic E-state index is 10.8. The third-order valence-electron chi connectivity index (χ3n) is 3.49. The SMILES string of the molecule is CCCn1ncc(OC)c1C(O)c1ccccc1CC. The van der Waals surface area contributed by atoms with Crippen molar-refractivity contribution in [2.45, 2.75) is 39.3 Å². The van der Waals surface area contributed by atoms with Gasteiger partial charge in [0.25, 0.3) is 0 Å². The summed E-state index contributed by atoms with van der Waals surface area (Å²) in [5.74, 6) is 0.636. The molecule has 4 heteroatoms. The molecule has 1 heterocycles. The number of ether oxygens (including phenoxy) is 1. The molecule has 1 atom stereocenters. The van der Waals surface area contributed by atoms with Gasteiger partial charge in [-0.05, 0) is 24.0 Å². The molecule has 4 nitrogen and oxygen atoms in total. The van der Waals surface area contributed by atoms with E-state index in [1.165, 1.54) is 0 Å². The fourth-order valence-corrected chi connectivity index (χ4v) is 2.47. The highest BCUT2D eigenvalue weighted by Crippen LogP contribution is 2.31. The Kier molecular flexibility index (Phi) is 4.79. The molecule has 0 bridgehead atoms. The number of hydrogen-bond donors (Lipinski definition) is 1. The lowest BCUT2D eigenvalue weighted by molar-refractivity contribution is 0.201. The molecule has 0 saturated carbocycles. The molecule has 0 radical (unpaired) electrons. The first-order chi connectivity index (χ1) is 9.72. The van der Waals surface area contributed by atoms with Crippen LogP contribution in [0.3, 0.4) is 0 Å². The highest BCUT2D eigenvalue weighted by molar-refractivity contribution is 5.38. The van der Waals surface area contributed by atoms with Crippen LogP contribution in [0.15, 0.2) is 30.5 Å². The van der Waals surface area contributed by atoms with Gasteiger partial charge in [0.2, 0.25) is 0 Å². The molecule has 1 aromatic carbocycles. The number of aliphatic hydroxyl groups excluding tert-OH is 1. The van der Waals surface area contributed by atoms with Crippen molar-refractivity contribution in [3.63, 3.8) is 0 Å². The maximum atomic E-state index is 10.8. The number of rotatable bonds is 6. The van der Waals surface area contributed by atoms with Gasteiger partial charge in [0.15, 0.2) is 5.75 Å². The summed E-state index contributed by atoms with van der Waals surface area (Å²) in [7, 11) is 1.61. The zero-order chi connectivity index (χ0) is 14.5. The Morgan fingerprint density at radius 2 is 2.05 bits per heavy atom. The number of aryl methyl sites for hydroxylation is 2. The fraction of sp³-hybridized carbons (Fsp3) is 0.438. The smallest absolute Gasteiger partial charge is 0.163 e. The van der Waals surface area contributed by atoms with Crippen LogP contribution in [0.1, 0.15) is 43.2 Å². The van der Waals surface area contributed by atoms with Crippen LogP contribution in [0.4, 0.5) is 0 Å². The van der Waals surface area contributed by atoms with Crippen LogP contribution in [0.25, 0.3) is 0 Å². The molecule has 0 aliphatic heterocycles. The molecule has 1 unspecified atom stereocenters. The minimum atomic E-state index is -0.713. The van der Waals surface area contributed by atoms with Crippen LogP contribution in [0.5, 0.6) is 5.75 Å². The Morgan fingerprint density at radius 3 is 2.70 bits per heavy atom. The average molecular weight is 274 g/mol. The highest BCUT2D eigenvalue weighted by Gasteiger charge is 2.22. The van der Waals surface area contributed by atoms with Crippen LogP contribution in [-0.4, -0.2) is 22.0 Å². The molecule has 0 spiro atoms. The largest absolute Gasteiger partial charge is 0.493 e. The van der Waals surface area contributed by atoms with Crippen molar-refractivity contribution >= 4 is 0 Å². The van der Waals surface area contributed by atoms with Crippen molar-refractivity contribution in [1.29, 1.82) is 0 Å². The summed E-state index contributed by atoms with van der Waals surface area (Å²) in [5, 5.41) is 15.1. The van der Waals surface area contributed by atoms with Crippen LogP contribution in [0.2, 0.25) is 0 Å². The van der Waals surface area contributed by atoms with Gasteiger partial charge in [0, 0.05) is 6.54 Å². The predicted octanol–water partition coefficient (Wildman–Crippen LogP) is 2.95.